The molecule has 1 aromatic heterocycles. The molecule has 6 heteroatoms. The number of hydrogen-bond donors (Lipinski definition) is 2. The second-order valence-electron chi connectivity index (χ2n) is 5.01. The zero-order chi connectivity index (χ0) is 14.8. The molecule has 3 N–H and O–H groups in total. The third-order valence-electron chi connectivity index (χ3n) is 3.81. The van der Waals surface area contributed by atoms with E-state index >= 15 is 0 Å². The van der Waals surface area contributed by atoms with Crippen LogP contribution >= 0.6 is 0 Å². The van der Waals surface area contributed by atoms with Gasteiger partial charge >= 0.3 is 0 Å². The molecule has 1 aliphatic heterocycles. The van der Waals surface area contributed by atoms with Crippen LogP contribution in [0.5, 0.6) is 5.75 Å². The van der Waals surface area contributed by atoms with Gasteiger partial charge in [-0.15, -0.1) is 0 Å². The van der Waals surface area contributed by atoms with Gasteiger partial charge in [-0.2, -0.15) is 0 Å². The molecule has 1 unspecified atom stereocenters. The molecule has 2 heterocycles. The SMILES string of the molecule is COc1cccc2c(N3CCNCC3C(N)=O)nccc12. The molecule has 1 amide bonds. The second-order valence-corrected chi connectivity index (χ2v) is 5.01. The Labute approximate surface area is 122 Å². The van der Waals surface area contributed by atoms with Crippen molar-refractivity contribution in [2.45, 2.75) is 6.04 Å². The summed E-state index contributed by atoms with van der Waals surface area (Å²) in [5, 5.41) is 5.13. The van der Waals surface area contributed by atoms with Crippen molar-refractivity contribution in [3.63, 3.8) is 0 Å². The molecule has 0 radical (unpaired) electrons. The number of methoxy groups -OCH3 is 1. The fraction of sp³-hybridized carbons (Fsp3) is 0.333. The Balaban J connectivity index is 2.13. The molecule has 21 heavy (non-hydrogen) atoms. The zero-order valence-corrected chi connectivity index (χ0v) is 11.9. The quantitative estimate of drug-likeness (QED) is 0.859. The van der Waals surface area contributed by atoms with Gasteiger partial charge in [0.1, 0.15) is 17.6 Å². The third-order valence-corrected chi connectivity index (χ3v) is 3.81. The molecule has 6 nitrogen and oxygen atoms in total. The van der Waals surface area contributed by atoms with Gasteiger partial charge in [0.25, 0.3) is 0 Å². The lowest BCUT2D eigenvalue weighted by atomic mass is 10.1. The van der Waals surface area contributed by atoms with Crippen LogP contribution < -0.4 is 20.7 Å². The van der Waals surface area contributed by atoms with Gasteiger partial charge in [-0.25, -0.2) is 4.98 Å². The molecule has 1 fully saturated rings. The van der Waals surface area contributed by atoms with Gasteiger partial charge in [0.15, 0.2) is 0 Å². The molecular weight excluding hydrogens is 268 g/mol. The first-order valence-corrected chi connectivity index (χ1v) is 6.91. The number of pyridine rings is 1. The van der Waals surface area contributed by atoms with Crippen LogP contribution in [-0.4, -0.2) is 43.7 Å². The van der Waals surface area contributed by atoms with E-state index in [0.29, 0.717) is 13.1 Å². The van der Waals surface area contributed by atoms with Gasteiger partial charge in [0, 0.05) is 36.6 Å². The van der Waals surface area contributed by atoms with E-state index < -0.39 is 0 Å². The number of carbonyl (C=O) groups is 1. The summed E-state index contributed by atoms with van der Waals surface area (Å²) in [5.41, 5.74) is 5.52. The Hall–Kier alpha value is -2.34. The fourth-order valence-corrected chi connectivity index (χ4v) is 2.78. The van der Waals surface area contributed by atoms with Gasteiger partial charge < -0.3 is 20.7 Å². The minimum atomic E-state index is -0.386. The van der Waals surface area contributed by atoms with E-state index in [0.717, 1.165) is 28.9 Å². The van der Waals surface area contributed by atoms with Crippen LogP contribution in [0.1, 0.15) is 0 Å². The van der Waals surface area contributed by atoms with Crippen LogP contribution in [0.25, 0.3) is 10.8 Å². The fourth-order valence-electron chi connectivity index (χ4n) is 2.78. The number of ether oxygens (including phenoxy) is 1. The van der Waals surface area contributed by atoms with Crippen molar-refractivity contribution in [3.05, 3.63) is 30.5 Å². The smallest absolute Gasteiger partial charge is 0.241 e. The lowest BCUT2D eigenvalue weighted by Gasteiger charge is -2.35. The van der Waals surface area contributed by atoms with E-state index in [1.54, 1.807) is 13.3 Å². The van der Waals surface area contributed by atoms with E-state index in [2.05, 4.69) is 10.3 Å². The lowest BCUT2D eigenvalue weighted by Crippen LogP contribution is -2.57. The Morgan fingerprint density at radius 1 is 1.43 bits per heavy atom. The number of rotatable bonds is 3. The predicted molar refractivity (Wildman–Crippen MR) is 81.5 cm³/mol. The molecule has 0 bridgehead atoms. The lowest BCUT2D eigenvalue weighted by molar-refractivity contribution is -0.119. The van der Waals surface area contributed by atoms with E-state index in [-0.39, 0.29) is 11.9 Å². The summed E-state index contributed by atoms with van der Waals surface area (Å²) in [7, 11) is 1.64. The number of piperazine rings is 1. The van der Waals surface area contributed by atoms with E-state index in [1.807, 2.05) is 29.2 Å². The van der Waals surface area contributed by atoms with Gasteiger partial charge in [-0.3, -0.25) is 4.79 Å². The van der Waals surface area contributed by atoms with Gasteiger partial charge in [0.2, 0.25) is 5.91 Å². The summed E-state index contributed by atoms with van der Waals surface area (Å²) in [4.78, 5) is 18.1. The van der Waals surface area contributed by atoms with Crippen molar-refractivity contribution in [2.75, 3.05) is 31.6 Å². The van der Waals surface area contributed by atoms with Crippen LogP contribution in [0, 0.1) is 0 Å². The highest BCUT2D eigenvalue weighted by molar-refractivity contribution is 5.97. The maximum absolute atomic E-state index is 11.7. The van der Waals surface area contributed by atoms with Crippen molar-refractivity contribution < 1.29 is 9.53 Å². The first-order valence-electron chi connectivity index (χ1n) is 6.91. The van der Waals surface area contributed by atoms with Crippen LogP contribution in [-0.2, 0) is 4.79 Å². The normalized spacial score (nSPS) is 18.7. The zero-order valence-electron chi connectivity index (χ0n) is 11.9. The first-order chi connectivity index (χ1) is 10.2. The topological polar surface area (TPSA) is 80.5 Å². The maximum Gasteiger partial charge on any atom is 0.241 e. The minimum absolute atomic E-state index is 0.344. The molecule has 0 saturated carbocycles. The molecule has 0 aliphatic carbocycles. The van der Waals surface area contributed by atoms with Crippen LogP contribution in [0.2, 0.25) is 0 Å². The van der Waals surface area contributed by atoms with Crippen molar-refractivity contribution in [1.29, 1.82) is 0 Å². The van der Waals surface area contributed by atoms with Crippen molar-refractivity contribution in [2.24, 2.45) is 5.73 Å². The highest BCUT2D eigenvalue weighted by atomic mass is 16.5. The Bertz CT molecular complexity index is 674. The molecule has 3 rings (SSSR count). The number of benzene rings is 1. The van der Waals surface area contributed by atoms with Crippen LogP contribution in [0.4, 0.5) is 5.82 Å². The molecule has 0 spiro atoms. The highest BCUT2D eigenvalue weighted by Crippen LogP contribution is 2.31. The number of nitrogens with two attached hydrogens (primary N) is 1. The number of primary amides is 1. The van der Waals surface area contributed by atoms with Gasteiger partial charge in [-0.05, 0) is 12.1 Å². The van der Waals surface area contributed by atoms with Crippen LogP contribution in [0.3, 0.4) is 0 Å². The van der Waals surface area contributed by atoms with Gasteiger partial charge in [0.05, 0.1) is 7.11 Å². The molecular formula is C15H18N4O2. The van der Waals surface area contributed by atoms with E-state index in [4.69, 9.17) is 10.5 Å². The number of nitrogens with one attached hydrogen (secondary N) is 1. The number of hydrogen-bond acceptors (Lipinski definition) is 5. The molecule has 1 aromatic carbocycles. The van der Waals surface area contributed by atoms with Crippen molar-refractivity contribution in [1.82, 2.24) is 10.3 Å². The first kappa shape index (κ1) is 13.6. The number of anilines is 1. The average Bonchev–Trinajstić information content (AvgIpc) is 2.53. The molecule has 1 saturated heterocycles. The Kier molecular flexibility index (Phi) is 3.62. The standard InChI is InChI=1S/C15H18N4O2/c1-21-13-4-2-3-11-10(13)5-6-18-15(11)19-8-7-17-9-12(19)14(16)20/h2-6,12,17H,7-9H2,1H3,(H2,16,20). The third kappa shape index (κ3) is 2.38. The summed E-state index contributed by atoms with van der Waals surface area (Å²) < 4.78 is 5.39. The highest BCUT2D eigenvalue weighted by Gasteiger charge is 2.29. The number of carbonyl (C=O) groups excluding carboxylic acids is 1. The Morgan fingerprint density at radius 3 is 3.05 bits per heavy atom. The number of nitrogens with zero attached hydrogens (tertiary/aromatic N) is 2. The predicted octanol–water partition coefficient (Wildman–Crippen LogP) is 0.507. The molecule has 2 aromatic rings. The second kappa shape index (κ2) is 5.57. The van der Waals surface area contributed by atoms with E-state index in [1.165, 1.54) is 0 Å². The number of amides is 1. The van der Waals surface area contributed by atoms with E-state index in [9.17, 15) is 4.79 Å². The van der Waals surface area contributed by atoms with Gasteiger partial charge in [-0.1, -0.05) is 12.1 Å². The molecule has 110 valence electrons. The summed E-state index contributed by atoms with van der Waals surface area (Å²) in [6, 6.07) is 7.35. The summed E-state index contributed by atoms with van der Waals surface area (Å²) >= 11 is 0. The summed E-state index contributed by atoms with van der Waals surface area (Å²) in [5.74, 6) is 1.22. The number of fused-ring (bicyclic) bond motifs is 1. The average molecular weight is 286 g/mol. The minimum Gasteiger partial charge on any atom is -0.496 e. The largest absolute Gasteiger partial charge is 0.496 e. The number of aromatic nitrogens is 1. The Morgan fingerprint density at radius 2 is 2.29 bits per heavy atom. The van der Waals surface area contributed by atoms with Crippen molar-refractivity contribution >= 4 is 22.5 Å². The monoisotopic (exact) mass is 286 g/mol. The summed E-state index contributed by atoms with van der Waals surface area (Å²) in [6.45, 7) is 2.03. The molecule has 1 atom stereocenters. The van der Waals surface area contributed by atoms with Crippen LogP contribution in [0.15, 0.2) is 30.5 Å². The van der Waals surface area contributed by atoms with Crippen molar-refractivity contribution in [3.8, 4) is 5.75 Å². The molecule has 1 aliphatic rings. The maximum atomic E-state index is 11.7. The summed E-state index contributed by atoms with van der Waals surface area (Å²) in [6.07, 6.45) is 1.74.